The standard InChI is InChI=1S/C22H14ClN3OS/c1-12-24-21-17(23)10-15(11-18(21)28-12)16-9-14-7-8-19(27)25-22(14)26-20(16)13-5-3-2-4-6-13/h2-11H,1H3,(H,25,26,27). The van der Waals surface area contributed by atoms with Crippen LogP contribution in [0.5, 0.6) is 0 Å². The summed E-state index contributed by atoms with van der Waals surface area (Å²) in [6.07, 6.45) is 0. The predicted molar refractivity (Wildman–Crippen MR) is 116 cm³/mol. The van der Waals surface area contributed by atoms with Crippen molar-refractivity contribution in [3.05, 3.63) is 81.0 Å². The van der Waals surface area contributed by atoms with Gasteiger partial charge in [0, 0.05) is 22.6 Å². The van der Waals surface area contributed by atoms with Gasteiger partial charge >= 0.3 is 0 Å². The van der Waals surface area contributed by atoms with Crippen molar-refractivity contribution < 1.29 is 0 Å². The van der Waals surface area contributed by atoms with Gasteiger partial charge in [0.25, 0.3) is 0 Å². The number of nitrogens with zero attached hydrogens (tertiary/aromatic N) is 2. The fourth-order valence-electron chi connectivity index (χ4n) is 3.37. The molecule has 3 aromatic heterocycles. The van der Waals surface area contributed by atoms with E-state index in [0.717, 1.165) is 43.0 Å². The van der Waals surface area contributed by atoms with Gasteiger partial charge in [-0.15, -0.1) is 11.3 Å². The Morgan fingerprint density at radius 3 is 2.61 bits per heavy atom. The molecule has 0 unspecified atom stereocenters. The van der Waals surface area contributed by atoms with Crippen LogP contribution in [0.3, 0.4) is 0 Å². The summed E-state index contributed by atoms with van der Waals surface area (Å²) in [6, 6.07) is 19.3. The summed E-state index contributed by atoms with van der Waals surface area (Å²) >= 11 is 8.16. The monoisotopic (exact) mass is 403 g/mol. The Kier molecular flexibility index (Phi) is 4.00. The van der Waals surface area contributed by atoms with Crippen molar-refractivity contribution in [2.45, 2.75) is 6.92 Å². The first kappa shape index (κ1) is 17.1. The molecule has 0 aliphatic carbocycles. The zero-order valence-corrected chi connectivity index (χ0v) is 16.4. The molecular formula is C22H14ClN3OS. The SMILES string of the molecule is Cc1nc2c(Cl)cc(-c3cc4ccc(=O)[nH]c4nc3-c3ccccc3)cc2s1. The average molecular weight is 404 g/mol. The number of thiazole rings is 1. The second-order valence-corrected chi connectivity index (χ2v) is 8.19. The number of aromatic amines is 1. The fraction of sp³-hybridized carbons (Fsp3) is 0.0455. The quantitative estimate of drug-likeness (QED) is 0.403. The molecule has 0 saturated carbocycles. The number of rotatable bonds is 2. The summed E-state index contributed by atoms with van der Waals surface area (Å²) in [7, 11) is 0. The third-order valence-corrected chi connectivity index (χ3v) is 5.83. The fourth-order valence-corrected chi connectivity index (χ4v) is 4.58. The Morgan fingerprint density at radius 2 is 1.79 bits per heavy atom. The molecule has 1 N–H and O–H groups in total. The maximum atomic E-state index is 11.8. The van der Waals surface area contributed by atoms with Crippen LogP contribution in [-0.4, -0.2) is 15.0 Å². The summed E-state index contributed by atoms with van der Waals surface area (Å²) in [5.41, 5.74) is 4.92. The van der Waals surface area contributed by atoms with E-state index >= 15 is 0 Å². The van der Waals surface area contributed by atoms with Gasteiger partial charge in [-0.1, -0.05) is 41.9 Å². The van der Waals surface area contributed by atoms with Crippen molar-refractivity contribution in [1.82, 2.24) is 15.0 Å². The van der Waals surface area contributed by atoms with E-state index < -0.39 is 0 Å². The van der Waals surface area contributed by atoms with Gasteiger partial charge in [0.2, 0.25) is 5.56 Å². The molecule has 0 radical (unpaired) electrons. The largest absolute Gasteiger partial charge is 0.307 e. The van der Waals surface area contributed by atoms with E-state index in [1.54, 1.807) is 17.4 Å². The second-order valence-electron chi connectivity index (χ2n) is 6.55. The summed E-state index contributed by atoms with van der Waals surface area (Å²) in [5.74, 6) is 0. The molecule has 4 nitrogen and oxygen atoms in total. The van der Waals surface area contributed by atoms with Gasteiger partial charge in [0.05, 0.1) is 20.4 Å². The van der Waals surface area contributed by atoms with Crippen LogP contribution in [0, 0.1) is 6.92 Å². The molecule has 0 spiro atoms. The Balaban J connectivity index is 1.85. The lowest BCUT2D eigenvalue weighted by Crippen LogP contribution is -2.04. The number of hydrogen-bond donors (Lipinski definition) is 1. The van der Waals surface area contributed by atoms with Gasteiger partial charge in [0.15, 0.2) is 0 Å². The van der Waals surface area contributed by atoms with Gasteiger partial charge < -0.3 is 4.98 Å². The molecule has 0 amide bonds. The van der Waals surface area contributed by atoms with Crippen LogP contribution >= 0.6 is 22.9 Å². The lowest BCUT2D eigenvalue weighted by atomic mass is 9.98. The molecule has 3 heterocycles. The minimum atomic E-state index is -0.170. The minimum Gasteiger partial charge on any atom is -0.307 e. The summed E-state index contributed by atoms with van der Waals surface area (Å²) < 4.78 is 1.04. The van der Waals surface area contributed by atoms with E-state index in [1.807, 2.05) is 49.4 Å². The highest BCUT2D eigenvalue weighted by atomic mass is 35.5. The number of benzene rings is 2. The van der Waals surface area contributed by atoms with Gasteiger partial charge in [-0.2, -0.15) is 0 Å². The van der Waals surface area contributed by atoms with Crippen molar-refractivity contribution in [2.24, 2.45) is 0 Å². The summed E-state index contributed by atoms with van der Waals surface area (Å²) in [4.78, 5) is 23.9. The Labute approximate surface area is 169 Å². The molecular weight excluding hydrogens is 390 g/mol. The number of aromatic nitrogens is 3. The molecule has 28 heavy (non-hydrogen) atoms. The zero-order valence-electron chi connectivity index (χ0n) is 14.9. The maximum Gasteiger partial charge on any atom is 0.249 e. The number of halogens is 1. The Bertz CT molecular complexity index is 1410. The Hall–Kier alpha value is -3.02. The number of nitrogens with one attached hydrogen (secondary N) is 1. The topological polar surface area (TPSA) is 58.6 Å². The first-order valence-corrected chi connectivity index (χ1v) is 9.94. The highest BCUT2D eigenvalue weighted by molar-refractivity contribution is 7.18. The molecule has 0 aliphatic heterocycles. The Morgan fingerprint density at radius 1 is 0.964 bits per heavy atom. The van der Waals surface area contributed by atoms with Gasteiger partial charge in [-0.3, -0.25) is 4.79 Å². The van der Waals surface area contributed by atoms with E-state index in [4.69, 9.17) is 16.6 Å². The van der Waals surface area contributed by atoms with E-state index in [-0.39, 0.29) is 5.56 Å². The summed E-state index contributed by atoms with van der Waals surface area (Å²) in [6.45, 7) is 1.98. The molecule has 0 bridgehead atoms. The molecule has 2 aromatic carbocycles. The second kappa shape index (κ2) is 6.55. The molecule has 0 saturated heterocycles. The lowest BCUT2D eigenvalue weighted by Gasteiger charge is -2.12. The molecule has 0 atom stereocenters. The normalized spacial score (nSPS) is 11.4. The average Bonchev–Trinajstić information content (AvgIpc) is 3.08. The lowest BCUT2D eigenvalue weighted by molar-refractivity contribution is 1.23. The van der Waals surface area contributed by atoms with Crippen LogP contribution in [0.2, 0.25) is 5.02 Å². The van der Waals surface area contributed by atoms with Crippen molar-refractivity contribution in [3.63, 3.8) is 0 Å². The third kappa shape index (κ3) is 2.89. The van der Waals surface area contributed by atoms with Crippen LogP contribution in [0.4, 0.5) is 0 Å². The van der Waals surface area contributed by atoms with Gasteiger partial charge in [-0.25, -0.2) is 9.97 Å². The smallest absolute Gasteiger partial charge is 0.249 e. The molecule has 5 aromatic rings. The van der Waals surface area contributed by atoms with Crippen LogP contribution in [0.1, 0.15) is 5.01 Å². The van der Waals surface area contributed by atoms with E-state index in [1.165, 1.54) is 6.07 Å². The van der Waals surface area contributed by atoms with E-state index in [9.17, 15) is 4.79 Å². The van der Waals surface area contributed by atoms with Crippen molar-refractivity contribution in [1.29, 1.82) is 0 Å². The van der Waals surface area contributed by atoms with Crippen LogP contribution in [-0.2, 0) is 0 Å². The predicted octanol–water partition coefficient (Wildman–Crippen LogP) is 5.83. The van der Waals surface area contributed by atoms with Crippen molar-refractivity contribution >= 4 is 44.2 Å². The first-order valence-electron chi connectivity index (χ1n) is 8.75. The number of fused-ring (bicyclic) bond motifs is 2. The highest BCUT2D eigenvalue weighted by Gasteiger charge is 2.15. The van der Waals surface area contributed by atoms with E-state index in [0.29, 0.717) is 10.7 Å². The minimum absolute atomic E-state index is 0.170. The molecule has 0 aliphatic rings. The number of H-pyrrole nitrogens is 1. The van der Waals surface area contributed by atoms with Crippen LogP contribution in [0.25, 0.3) is 43.6 Å². The number of hydrogen-bond acceptors (Lipinski definition) is 4. The first-order chi connectivity index (χ1) is 13.6. The van der Waals surface area contributed by atoms with Gasteiger partial charge in [0.1, 0.15) is 11.2 Å². The third-order valence-electron chi connectivity index (χ3n) is 4.62. The number of pyridine rings is 2. The van der Waals surface area contributed by atoms with Gasteiger partial charge in [-0.05, 0) is 36.8 Å². The molecule has 0 fully saturated rings. The number of aryl methyl sites for hydroxylation is 1. The maximum absolute atomic E-state index is 11.8. The zero-order chi connectivity index (χ0) is 19.3. The molecule has 5 rings (SSSR count). The van der Waals surface area contributed by atoms with Crippen molar-refractivity contribution in [3.8, 4) is 22.4 Å². The summed E-state index contributed by atoms with van der Waals surface area (Å²) in [5, 5.41) is 2.47. The van der Waals surface area contributed by atoms with Crippen LogP contribution < -0.4 is 5.56 Å². The van der Waals surface area contributed by atoms with Crippen molar-refractivity contribution in [2.75, 3.05) is 0 Å². The molecule has 6 heteroatoms. The van der Waals surface area contributed by atoms with E-state index in [2.05, 4.69) is 16.0 Å². The van der Waals surface area contributed by atoms with Crippen LogP contribution in [0.15, 0.2) is 65.5 Å². The highest BCUT2D eigenvalue weighted by Crippen LogP contribution is 2.38. The molecule has 136 valence electrons.